The van der Waals surface area contributed by atoms with Gasteiger partial charge in [-0.15, -0.1) is 0 Å². The fraction of sp³-hybridized carbons (Fsp3) is 0.429. The van der Waals surface area contributed by atoms with E-state index in [2.05, 4.69) is 5.32 Å². The maximum Gasteiger partial charge on any atom is 0.454 e. The van der Waals surface area contributed by atoms with E-state index in [4.69, 9.17) is 11.6 Å². The molecule has 0 bridgehead atoms. The van der Waals surface area contributed by atoms with Gasteiger partial charge in [-0.2, -0.15) is 13.2 Å². The number of benzene rings is 1. The zero-order chi connectivity index (χ0) is 16.4. The van der Waals surface area contributed by atoms with Gasteiger partial charge in [0.2, 0.25) is 0 Å². The van der Waals surface area contributed by atoms with Crippen LogP contribution in [0, 0.1) is 5.41 Å². The first-order valence-corrected chi connectivity index (χ1v) is 6.49. The molecular formula is C14H15ClF3NO2. The van der Waals surface area contributed by atoms with Gasteiger partial charge in [0, 0.05) is 16.1 Å². The lowest BCUT2D eigenvalue weighted by atomic mass is 9.91. The number of Topliss-reactive ketones (excluding diaryl/α,β-unsaturated/α-hetero) is 2. The summed E-state index contributed by atoms with van der Waals surface area (Å²) >= 11 is 5.63. The van der Waals surface area contributed by atoms with Gasteiger partial charge < -0.3 is 5.32 Å². The van der Waals surface area contributed by atoms with Gasteiger partial charge in [0.25, 0.3) is 5.78 Å². The second-order valence-corrected chi connectivity index (χ2v) is 5.98. The summed E-state index contributed by atoms with van der Waals surface area (Å²) in [6, 6.07) is 3.52. The number of carbonyl (C=O) groups excluding carboxylic acids is 2. The molecule has 116 valence electrons. The molecule has 0 heterocycles. The van der Waals surface area contributed by atoms with Gasteiger partial charge in [-0.25, -0.2) is 0 Å². The molecule has 0 saturated heterocycles. The number of alkyl halides is 3. The third-order valence-electron chi connectivity index (χ3n) is 2.76. The number of halogens is 4. The first kappa shape index (κ1) is 17.5. The van der Waals surface area contributed by atoms with Crippen LogP contribution in [-0.2, 0) is 4.79 Å². The monoisotopic (exact) mass is 321 g/mol. The molecule has 0 aliphatic carbocycles. The largest absolute Gasteiger partial charge is 0.454 e. The van der Waals surface area contributed by atoms with Crippen LogP contribution in [0.25, 0.3) is 0 Å². The summed E-state index contributed by atoms with van der Waals surface area (Å²) in [7, 11) is 0. The van der Waals surface area contributed by atoms with Gasteiger partial charge in [-0.05, 0) is 18.2 Å². The van der Waals surface area contributed by atoms with Gasteiger partial charge in [-0.3, -0.25) is 9.59 Å². The number of rotatable bonds is 4. The van der Waals surface area contributed by atoms with E-state index in [1.54, 1.807) is 20.8 Å². The highest BCUT2D eigenvalue weighted by Crippen LogP contribution is 2.28. The number of hydrogen-bond acceptors (Lipinski definition) is 3. The lowest BCUT2D eigenvalue weighted by Gasteiger charge is -2.18. The highest BCUT2D eigenvalue weighted by molar-refractivity contribution is 6.31. The van der Waals surface area contributed by atoms with Crippen molar-refractivity contribution in [2.45, 2.75) is 26.9 Å². The predicted octanol–water partition coefficient (Wildman–Crippen LogP) is 4.11. The van der Waals surface area contributed by atoms with Gasteiger partial charge in [-0.1, -0.05) is 32.4 Å². The standard InChI is InChI=1S/C14H15ClF3NO2/c1-13(2,3)11(20)7-19-10-5-4-8(15)6-9(10)12(21)14(16,17)18/h4-6,19H,7H2,1-3H3. The first-order valence-electron chi connectivity index (χ1n) is 6.11. The third-order valence-corrected chi connectivity index (χ3v) is 2.99. The maximum absolute atomic E-state index is 12.5. The summed E-state index contributed by atoms with van der Waals surface area (Å²) < 4.78 is 37.6. The Morgan fingerprint density at radius 1 is 1.19 bits per heavy atom. The van der Waals surface area contributed by atoms with E-state index >= 15 is 0 Å². The Balaban J connectivity index is 3.04. The molecule has 0 aliphatic heterocycles. The van der Waals surface area contributed by atoms with E-state index in [9.17, 15) is 22.8 Å². The summed E-state index contributed by atoms with van der Waals surface area (Å²) in [5.74, 6) is -2.20. The Morgan fingerprint density at radius 2 is 1.76 bits per heavy atom. The fourth-order valence-corrected chi connectivity index (χ4v) is 1.62. The summed E-state index contributed by atoms with van der Waals surface area (Å²) in [5, 5.41) is 2.58. The van der Waals surface area contributed by atoms with E-state index in [1.165, 1.54) is 12.1 Å². The number of anilines is 1. The predicted molar refractivity (Wildman–Crippen MR) is 74.8 cm³/mol. The molecule has 0 spiro atoms. The van der Waals surface area contributed by atoms with E-state index in [0.717, 1.165) is 6.07 Å². The van der Waals surface area contributed by atoms with Crippen LogP contribution in [0.4, 0.5) is 18.9 Å². The van der Waals surface area contributed by atoms with Crippen molar-refractivity contribution in [2.24, 2.45) is 5.41 Å². The van der Waals surface area contributed by atoms with E-state index in [1.807, 2.05) is 0 Å². The first-order chi connectivity index (χ1) is 9.43. The van der Waals surface area contributed by atoms with Gasteiger partial charge in [0.15, 0.2) is 5.78 Å². The zero-order valence-electron chi connectivity index (χ0n) is 11.8. The number of carbonyl (C=O) groups is 2. The molecule has 0 atom stereocenters. The molecule has 1 rings (SSSR count). The average Bonchev–Trinajstić information content (AvgIpc) is 2.33. The van der Waals surface area contributed by atoms with Crippen LogP contribution >= 0.6 is 11.6 Å². The molecule has 0 aromatic heterocycles. The quantitative estimate of drug-likeness (QED) is 0.849. The van der Waals surface area contributed by atoms with Crippen molar-refractivity contribution in [3.05, 3.63) is 28.8 Å². The Morgan fingerprint density at radius 3 is 2.24 bits per heavy atom. The molecule has 0 saturated carbocycles. The minimum absolute atomic E-state index is 0.00954. The normalized spacial score (nSPS) is 12.1. The lowest BCUT2D eigenvalue weighted by Crippen LogP contribution is -2.29. The van der Waals surface area contributed by atoms with Crippen molar-refractivity contribution < 1.29 is 22.8 Å². The molecule has 1 N–H and O–H groups in total. The van der Waals surface area contributed by atoms with Gasteiger partial charge in [0.1, 0.15) is 0 Å². The minimum Gasteiger partial charge on any atom is -0.377 e. The molecule has 1 aromatic carbocycles. The molecule has 0 radical (unpaired) electrons. The van der Waals surface area contributed by atoms with E-state index in [0.29, 0.717) is 0 Å². The molecule has 7 heteroatoms. The summed E-state index contributed by atoms with van der Waals surface area (Å²) in [6.45, 7) is 4.91. The third kappa shape index (κ3) is 4.74. The lowest BCUT2D eigenvalue weighted by molar-refractivity contribution is -0.124. The Labute approximate surface area is 125 Å². The van der Waals surface area contributed by atoms with Crippen molar-refractivity contribution in [3.63, 3.8) is 0 Å². The summed E-state index contributed by atoms with van der Waals surface area (Å²) in [5.41, 5.74) is -1.30. The van der Waals surface area contributed by atoms with Crippen molar-refractivity contribution in [1.82, 2.24) is 0 Å². The molecule has 1 aromatic rings. The van der Waals surface area contributed by atoms with Crippen molar-refractivity contribution in [3.8, 4) is 0 Å². The molecular weight excluding hydrogens is 307 g/mol. The smallest absolute Gasteiger partial charge is 0.377 e. The minimum atomic E-state index is -5.00. The Bertz CT molecular complexity index is 562. The van der Waals surface area contributed by atoms with Crippen LogP contribution in [0.1, 0.15) is 31.1 Å². The molecule has 0 aliphatic rings. The van der Waals surface area contributed by atoms with Crippen molar-refractivity contribution >= 4 is 28.9 Å². The van der Waals surface area contributed by atoms with Gasteiger partial charge >= 0.3 is 6.18 Å². The van der Waals surface area contributed by atoms with Crippen LogP contribution in [-0.4, -0.2) is 24.3 Å². The second-order valence-electron chi connectivity index (χ2n) is 5.54. The topological polar surface area (TPSA) is 46.2 Å². The van der Waals surface area contributed by atoms with Crippen LogP contribution in [0.2, 0.25) is 5.02 Å². The number of ketones is 2. The molecule has 0 unspecified atom stereocenters. The second kappa shape index (κ2) is 6.05. The zero-order valence-corrected chi connectivity index (χ0v) is 12.5. The molecule has 3 nitrogen and oxygen atoms in total. The molecule has 0 fully saturated rings. The number of hydrogen-bond donors (Lipinski definition) is 1. The number of nitrogens with one attached hydrogen (secondary N) is 1. The summed E-state index contributed by atoms with van der Waals surface area (Å²) in [4.78, 5) is 23.2. The fourth-order valence-electron chi connectivity index (χ4n) is 1.45. The van der Waals surface area contributed by atoms with E-state index in [-0.39, 0.29) is 23.0 Å². The van der Waals surface area contributed by atoms with Crippen molar-refractivity contribution in [2.75, 3.05) is 11.9 Å². The maximum atomic E-state index is 12.5. The van der Waals surface area contributed by atoms with Crippen LogP contribution < -0.4 is 5.32 Å². The highest BCUT2D eigenvalue weighted by Gasteiger charge is 2.40. The van der Waals surface area contributed by atoms with E-state index < -0.39 is 22.9 Å². The van der Waals surface area contributed by atoms with Gasteiger partial charge in [0.05, 0.1) is 12.1 Å². The Kier molecular flexibility index (Phi) is 5.04. The van der Waals surface area contributed by atoms with Crippen molar-refractivity contribution in [1.29, 1.82) is 0 Å². The molecule has 0 amide bonds. The summed E-state index contributed by atoms with van der Waals surface area (Å²) in [6.07, 6.45) is -5.00. The van der Waals surface area contributed by atoms with Crippen LogP contribution in [0.15, 0.2) is 18.2 Å². The average molecular weight is 322 g/mol. The molecule has 21 heavy (non-hydrogen) atoms. The Hall–Kier alpha value is -1.56. The van der Waals surface area contributed by atoms with Crippen LogP contribution in [0.3, 0.4) is 0 Å². The van der Waals surface area contributed by atoms with Crippen LogP contribution in [0.5, 0.6) is 0 Å². The SMILES string of the molecule is CC(C)(C)C(=O)CNc1ccc(Cl)cc1C(=O)C(F)(F)F. The highest BCUT2D eigenvalue weighted by atomic mass is 35.5.